The van der Waals surface area contributed by atoms with Crippen LogP contribution in [0.3, 0.4) is 0 Å². The summed E-state index contributed by atoms with van der Waals surface area (Å²) in [5.41, 5.74) is 2.81. The summed E-state index contributed by atoms with van der Waals surface area (Å²) >= 11 is 0. The average molecular weight is 282 g/mol. The predicted molar refractivity (Wildman–Crippen MR) is 83.9 cm³/mol. The van der Waals surface area contributed by atoms with Gasteiger partial charge in [0, 0.05) is 25.5 Å². The molecule has 0 radical (unpaired) electrons. The van der Waals surface area contributed by atoms with Gasteiger partial charge in [-0.25, -0.2) is 0 Å². The molecule has 0 bridgehead atoms. The fraction of sp³-hybridized carbons (Fsp3) is 0.389. The van der Waals surface area contributed by atoms with Crippen LogP contribution in [0.4, 0.5) is 0 Å². The molecule has 0 spiro atoms. The van der Waals surface area contributed by atoms with Crippen LogP contribution in [0.1, 0.15) is 36.4 Å². The van der Waals surface area contributed by atoms with Crippen LogP contribution in [-0.4, -0.2) is 23.2 Å². The van der Waals surface area contributed by atoms with E-state index in [1.165, 1.54) is 24.0 Å². The number of rotatable bonds is 7. The zero-order chi connectivity index (χ0) is 14.5. The number of aliphatic hydroxyl groups is 1. The molecule has 1 aromatic heterocycles. The van der Waals surface area contributed by atoms with E-state index >= 15 is 0 Å². The second-order valence-corrected chi connectivity index (χ2v) is 5.98. The Balaban J connectivity index is 1.77. The van der Waals surface area contributed by atoms with Gasteiger partial charge in [-0.15, -0.1) is 0 Å². The Kier molecular flexibility index (Phi) is 4.32. The number of pyridine rings is 1. The lowest BCUT2D eigenvalue weighted by Crippen LogP contribution is -2.29. The SMILES string of the molecule is OCCC1(CNC(c2ccccc2)c2ccncc2)CC1. The van der Waals surface area contributed by atoms with Gasteiger partial charge in [-0.3, -0.25) is 4.98 Å². The summed E-state index contributed by atoms with van der Waals surface area (Å²) in [6.07, 6.45) is 7.02. The Morgan fingerprint density at radius 3 is 2.33 bits per heavy atom. The maximum Gasteiger partial charge on any atom is 0.0578 e. The van der Waals surface area contributed by atoms with Gasteiger partial charge in [-0.1, -0.05) is 30.3 Å². The zero-order valence-electron chi connectivity index (χ0n) is 12.2. The van der Waals surface area contributed by atoms with Crippen LogP contribution >= 0.6 is 0 Å². The zero-order valence-corrected chi connectivity index (χ0v) is 12.2. The van der Waals surface area contributed by atoms with Crippen LogP contribution in [-0.2, 0) is 0 Å². The molecule has 0 aliphatic heterocycles. The lowest BCUT2D eigenvalue weighted by atomic mass is 9.97. The summed E-state index contributed by atoms with van der Waals surface area (Å²) in [6.45, 7) is 1.24. The number of benzene rings is 1. The molecule has 0 saturated heterocycles. The van der Waals surface area contributed by atoms with E-state index in [1.54, 1.807) is 0 Å². The minimum absolute atomic E-state index is 0.186. The van der Waals surface area contributed by atoms with Crippen LogP contribution in [0.5, 0.6) is 0 Å². The Morgan fingerprint density at radius 2 is 1.71 bits per heavy atom. The van der Waals surface area contributed by atoms with Crippen molar-refractivity contribution in [2.45, 2.75) is 25.3 Å². The largest absolute Gasteiger partial charge is 0.396 e. The van der Waals surface area contributed by atoms with E-state index in [-0.39, 0.29) is 12.6 Å². The van der Waals surface area contributed by atoms with Gasteiger partial charge in [0.15, 0.2) is 0 Å². The third-order valence-electron chi connectivity index (χ3n) is 4.45. The Hall–Kier alpha value is -1.71. The first kappa shape index (κ1) is 14.2. The maximum absolute atomic E-state index is 9.21. The quantitative estimate of drug-likeness (QED) is 0.820. The molecule has 1 heterocycles. The van der Waals surface area contributed by atoms with Gasteiger partial charge in [0.2, 0.25) is 0 Å². The molecule has 21 heavy (non-hydrogen) atoms. The van der Waals surface area contributed by atoms with E-state index in [0.29, 0.717) is 5.41 Å². The first-order valence-electron chi connectivity index (χ1n) is 7.62. The van der Waals surface area contributed by atoms with Gasteiger partial charge in [0.25, 0.3) is 0 Å². The summed E-state index contributed by atoms with van der Waals surface area (Å²) in [5.74, 6) is 0. The molecule has 1 saturated carbocycles. The molecule has 1 aromatic carbocycles. The van der Waals surface area contributed by atoms with Crippen molar-refractivity contribution in [1.29, 1.82) is 0 Å². The third kappa shape index (κ3) is 3.49. The molecule has 2 aromatic rings. The molecule has 2 N–H and O–H groups in total. The van der Waals surface area contributed by atoms with Crippen LogP contribution in [0.25, 0.3) is 0 Å². The highest BCUT2D eigenvalue weighted by molar-refractivity contribution is 5.30. The van der Waals surface area contributed by atoms with E-state index in [4.69, 9.17) is 0 Å². The van der Waals surface area contributed by atoms with Crippen molar-refractivity contribution in [2.75, 3.05) is 13.2 Å². The first-order valence-corrected chi connectivity index (χ1v) is 7.62. The maximum atomic E-state index is 9.21. The normalized spacial score (nSPS) is 17.4. The van der Waals surface area contributed by atoms with Gasteiger partial charge in [0.1, 0.15) is 0 Å². The summed E-state index contributed by atoms with van der Waals surface area (Å²) < 4.78 is 0. The fourth-order valence-electron chi connectivity index (χ4n) is 2.88. The van der Waals surface area contributed by atoms with Crippen molar-refractivity contribution in [3.8, 4) is 0 Å². The average Bonchev–Trinajstić information content (AvgIpc) is 3.30. The smallest absolute Gasteiger partial charge is 0.0578 e. The van der Waals surface area contributed by atoms with Crippen molar-refractivity contribution in [3.05, 3.63) is 66.0 Å². The third-order valence-corrected chi connectivity index (χ3v) is 4.45. The fourth-order valence-corrected chi connectivity index (χ4v) is 2.88. The van der Waals surface area contributed by atoms with Crippen LogP contribution in [0.2, 0.25) is 0 Å². The van der Waals surface area contributed by atoms with Crippen molar-refractivity contribution >= 4 is 0 Å². The van der Waals surface area contributed by atoms with Gasteiger partial charge < -0.3 is 10.4 Å². The number of nitrogens with one attached hydrogen (secondary N) is 1. The highest BCUT2D eigenvalue weighted by atomic mass is 16.3. The number of aliphatic hydroxyl groups excluding tert-OH is 1. The predicted octanol–water partition coefficient (Wildman–Crippen LogP) is 2.92. The molecule has 1 unspecified atom stereocenters. The molecule has 110 valence electrons. The summed E-state index contributed by atoms with van der Waals surface area (Å²) in [5, 5.41) is 12.9. The summed E-state index contributed by atoms with van der Waals surface area (Å²) in [7, 11) is 0. The van der Waals surface area contributed by atoms with E-state index in [9.17, 15) is 5.11 Å². The molecule has 3 rings (SSSR count). The van der Waals surface area contributed by atoms with Gasteiger partial charge in [0.05, 0.1) is 6.04 Å². The molecule has 1 fully saturated rings. The van der Waals surface area contributed by atoms with Gasteiger partial charge >= 0.3 is 0 Å². The number of hydrogen-bond acceptors (Lipinski definition) is 3. The second-order valence-electron chi connectivity index (χ2n) is 5.98. The van der Waals surface area contributed by atoms with Crippen molar-refractivity contribution in [2.24, 2.45) is 5.41 Å². The number of aromatic nitrogens is 1. The van der Waals surface area contributed by atoms with Crippen molar-refractivity contribution < 1.29 is 5.11 Å². The molecule has 1 aliphatic carbocycles. The van der Waals surface area contributed by atoms with E-state index in [2.05, 4.69) is 46.7 Å². The Morgan fingerprint density at radius 1 is 1.05 bits per heavy atom. The molecular formula is C18H22N2O. The standard InChI is InChI=1S/C18H22N2O/c21-13-10-18(8-9-18)14-20-17(15-4-2-1-3-5-15)16-6-11-19-12-7-16/h1-7,11-12,17,20-21H,8-10,13-14H2. The minimum atomic E-state index is 0.186. The molecule has 3 nitrogen and oxygen atoms in total. The molecule has 1 aliphatic rings. The van der Waals surface area contributed by atoms with Crippen molar-refractivity contribution in [1.82, 2.24) is 10.3 Å². The van der Waals surface area contributed by atoms with Gasteiger partial charge in [-0.2, -0.15) is 0 Å². The Bertz CT molecular complexity index is 512. The molecular weight excluding hydrogens is 260 g/mol. The number of hydrogen-bond donors (Lipinski definition) is 2. The minimum Gasteiger partial charge on any atom is -0.396 e. The van der Waals surface area contributed by atoms with Crippen LogP contribution in [0, 0.1) is 5.41 Å². The monoisotopic (exact) mass is 282 g/mol. The highest BCUT2D eigenvalue weighted by Gasteiger charge is 2.41. The van der Waals surface area contributed by atoms with E-state index in [1.807, 2.05) is 18.5 Å². The van der Waals surface area contributed by atoms with Crippen LogP contribution in [0.15, 0.2) is 54.9 Å². The lowest BCUT2D eigenvalue weighted by molar-refractivity contribution is 0.243. The molecule has 3 heteroatoms. The second kappa shape index (κ2) is 6.37. The topological polar surface area (TPSA) is 45.1 Å². The van der Waals surface area contributed by atoms with Crippen LogP contribution < -0.4 is 5.32 Å². The first-order chi connectivity index (χ1) is 10.3. The lowest BCUT2D eigenvalue weighted by Gasteiger charge is -2.23. The summed E-state index contributed by atoms with van der Waals surface area (Å²) in [6, 6.07) is 14.8. The molecule has 1 atom stereocenters. The van der Waals surface area contributed by atoms with E-state index in [0.717, 1.165) is 13.0 Å². The van der Waals surface area contributed by atoms with Crippen molar-refractivity contribution in [3.63, 3.8) is 0 Å². The molecule has 0 amide bonds. The van der Waals surface area contributed by atoms with Gasteiger partial charge in [-0.05, 0) is 47.9 Å². The number of nitrogens with zero attached hydrogens (tertiary/aromatic N) is 1. The summed E-state index contributed by atoms with van der Waals surface area (Å²) in [4.78, 5) is 4.11. The van der Waals surface area contributed by atoms with E-state index < -0.39 is 0 Å². The Labute approximate surface area is 126 Å². The highest BCUT2D eigenvalue weighted by Crippen LogP contribution is 2.48.